The van der Waals surface area contributed by atoms with E-state index < -0.39 is 0 Å². The number of aromatic amines is 1. The van der Waals surface area contributed by atoms with Crippen LogP contribution in [-0.4, -0.2) is 47.7 Å². The van der Waals surface area contributed by atoms with Crippen LogP contribution in [0.4, 0.5) is 0 Å². The molecule has 9 heteroatoms. The average Bonchev–Trinajstić information content (AvgIpc) is 3.57. The maximum Gasteiger partial charge on any atom is 0.268 e. The Morgan fingerprint density at radius 1 is 0.976 bits per heavy atom. The summed E-state index contributed by atoms with van der Waals surface area (Å²) in [4.78, 5) is 27.5. The summed E-state index contributed by atoms with van der Waals surface area (Å²) in [5, 5.41) is 9.97. The molecule has 7 nitrogen and oxygen atoms in total. The molecule has 0 aliphatic rings. The lowest BCUT2D eigenvalue weighted by Crippen LogP contribution is -2.25. The highest BCUT2D eigenvalue weighted by Gasteiger charge is 2.25. The van der Waals surface area contributed by atoms with Crippen molar-refractivity contribution in [3.63, 3.8) is 0 Å². The Bertz CT molecular complexity index is 1610. The number of aromatic nitrogens is 3. The first-order valence-electron chi connectivity index (χ1n) is 13.8. The van der Waals surface area contributed by atoms with Gasteiger partial charge in [-0.1, -0.05) is 66.0 Å². The number of nitrogens with one attached hydrogen (secondary N) is 2. The van der Waals surface area contributed by atoms with Gasteiger partial charge in [-0.15, -0.1) is 0 Å². The minimum absolute atomic E-state index is 0.203. The molecule has 3 aromatic carbocycles. The second-order valence-corrected chi connectivity index (χ2v) is 10.7. The summed E-state index contributed by atoms with van der Waals surface area (Å²) >= 11 is 12.5. The molecule has 1 amide bonds. The van der Waals surface area contributed by atoms with Crippen LogP contribution < -0.4 is 5.32 Å². The van der Waals surface area contributed by atoms with Crippen molar-refractivity contribution in [2.45, 2.75) is 32.1 Å². The Hall–Kier alpha value is -3.91. The van der Waals surface area contributed by atoms with Crippen LogP contribution >= 0.6 is 23.2 Å². The fourth-order valence-electron chi connectivity index (χ4n) is 4.77. The van der Waals surface area contributed by atoms with Gasteiger partial charge in [0.2, 0.25) is 0 Å². The Morgan fingerprint density at radius 3 is 2.40 bits per heavy atom. The second-order valence-electron chi connectivity index (χ2n) is 9.81. The van der Waals surface area contributed by atoms with Crippen molar-refractivity contribution in [2.75, 3.05) is 20.8 Å². The van der Waals surface area contributed by atoms with Gasteiger partial charge in [-0.05, 0) is 54.8 Å². The van der Waals surface area contributed by atoms with E-state index in [1.54, 1.807) is 14.2 Å². The third-order valence-corrected chi connectivity index (χ3v) is 7.15. The Morgan fingerprint density at radius 2 is 1.69 bits per heavy atom. The van der Waals surface area contributed by atoms with E-state index in [0.717, 1.165) is 64.5 Å². The molecule has 0 saturated heterocycles. The number of hydrogen-bond donors (Lipinski definition) is 2. The van der Waals surface area contributed by atoms with E-state index >= 15 is 0 Å². The first-order chi connectivity index (χ1) is 20.5. The molecule has 0 bridgehead atoms. The summed E-state index contributed by atoms with van der Waals surface area (Å²) in [6.07, 6.45) is 6.43. The number of halogens is 2. The highest BCUT2D eigenvalue weighted by atomic mass is 35.5. The number of unbranched alkanes of at least 4 members (excludes halogenated alkanes) is 3. The largest absolute Gasteiger partial charge is 0.388 e. The van der Waals surface area contributed by atoms with Crippen LogP contribution in [0.25, 0.3) is 27.8 Å². The first kappa shape index (κ1) is 31.0. The number of nitrogens with zero attached hydrogens (tertiary/aromatic N) is 2. The van der Waals surface area contributed by atoms with Crippen LogP contribution in [0.3, 0.4) is 0 Å². The number of carbonyl (C=O) groups is 2. The molecule has 42 heavy (non-hydrogen) atoms. The van der Waals surface area contributed by atoms with Crippen LogP contribution in [0.2, 0.25) is 10.0 Å². The van der Waals surface area contributed by atoms with E-state index in [1.807, 2.05) is 83.7 Å². The van der Waals surface area contributed by atoms with Gasteiger partial charge in [0.1, 0.15) is 12.0 Å². The second kappa shape index (κ2) is 15.4. The average molecular weight is 606 g/mol. The minimum atomic E-state index is -0.203. The lowest BCUT2D eigenvalue weighted by molar-refractivity contribution is -0.107. The number of fused-ring (bicyclic) bond motifs is 1. The van der Waals surface area contributed by atoms with Crippen molar-refractivity contribution in [1.82, 2.24) is 20.1 Å². The van der Waals surface area contributed by atoms with E-state index in [1.165, 1.54) is 0 Å². The fraction of sp³-hybridized carbons (Fsp3) is 0.242. The van der Waals surface area contributed by atoms with Gasteiger partial charge in [0.05, 0.1) is 17.6 Å². The van der Waals surface area contributed by atoms with Gasteiger partial charge in [-0.2, -0.15) is 5.10 Å². The van der Waals surface area contributed by atoms with Crippen LogP contribution in [0.15, 0.2) is 79.0 Å². The number of H-pyrrole nitrogens is 1. The predicted octanol–water partition coefficient (Wildman–Crippen LogP) is 7.67. The summed E-state index contributed by atoms with van der Waals surface area (Å²) in [5.41, 5.74) is 5.77. The van der Waals surface area contributed by atoms with E-state index in [0.29, 0.717) is 35.1 Å². The zero-order valence-electron chi connectivity index (χ0n) is 23.7. The summed E-state index contributed by atoms with van der Waals surface area (Å²) in [6, 6.07) is 23.2. The number of aldehydes is 1. The van der Waals surface area contributed by atoms with Crippen LogP contribution in [0.1, 0.15) is 47.3 Å². The minimum Gasteiger partial charge on any atom is -0.388 e. The number of ether oxygens (including phenoxy) is 1. The highest BCUT2D eigenvalue weighted by Crippen LogP contribution is 2.38. The van der Waals surface area contributed by atoms with Crippen molar-refractivity contribution < 1.29 is 14.3 Å². The van der Waals surface area contributed by atoms with Gasteiger partial charge >= 0.3 is 0 Å². The van der Waals surface area contributed by atoms with E-state index in [2.05, 4.69) is 15.0 Å². The molecule has 2 heterocycles. The number of para-hydroxylation sites is 1. The molecule has 0 aliphatic carbocycles. The quantitative estimate of drug-likeness (QED) is 0.119. The summed E-state index contributed by atoms with van der Waals surface area (Å²) < 4.78 is 6.14. The van der Waals surface area contributed by atoms with Crippen molar-refractivity contribution >= 4 is 46.3 Å². The van der Waals surface area contributed by atoms with Gasteiger partial charge in [0.15, 0.2) is 0 Å². The number of carbonyl (C=O) groups excluding carboxylic acids is 2. The van der Waals surface area contributed by atoms with Crippen molar-refractivity contribution in [3.05, 3.63) is 106 Å². The molecule has 218 valence electrons. The molecule has 0 unspecified atom stereocenters. The Labute approximate surface area is 255 Å². The SMILES string of the molecule is COC.O=CCCCCCNC(=O)c1[nH]c2cc(Cl)ccc2c1-c1c(Cc2ccc(Cl)cc2)cnn1-c1ccccc1. The summed E-state index contributed by atoms with van der Waals surface area (Å²) in [5.74, 6) is -0.203. The standard InChI is InChI=1S/C31H28Cl2N4O2.C2H6O/c32-23-12-10-21(11-13-23)18-22-20-35-37(25-8-4-3-5-9-25)30(22)28-26-15-14-24(33)19-27(26)36-29(28)31(39)34-16-6-1-2-7-17-38;1-3-2/h3-5,8-15,17,19-20,36H,1-2,6-7,16,18H2,(H,34,39);1-2H3. The molecular formula is C33H34Cl2N4O3. The van der Waals surface area contributed by atoms with Crippen LogP contribution in [0, 0.1) is 0 Å². The third-order valence-electron chi connectivity index (χ3n) is 6.66. The zero-order chi connectivity index (χ0) is 29.9. The molecule has 0 spiro atoms. The number of rotatable bonds is 11. The van der Waals surface area contributed by atoms with Gasteiger partial charge in [-0.3, -0.25) is 4.79 Å². The topological polar surface area (TPSA) is 89.0 Å². The van der Waals surface area contributed by atoms with E-state index in [-0.39, 0.29) is 5.91 Å². The predicted molar refractivity (Wildman–Crippen MR) is 170 cm³/mol. The van der Waals surface area contributed by atoms with Gasteiger partial charge in [0.25, 0.3) is 5.91 Å². The molecule has 0 fully saturated rings. The van der Waals surface area contributed by atoms with Gasteiger partial charge in [-0.25, -0.2) is 4.68 Å². The number of methoxy groups -OCH3 is 1. The lowest BCUT2D eigenvalue weighted by Gasteiger charge is -2.13. The molecule has 2 N–H and O–H groups in total. The lowest BCUT2D eigenvalue weighted by atomic mass is 9.98. The molecular weight excluding hydrogens is 571 g/mol. The maximum atomic E-state index is 13.6. The van der Waals surface area contributed by atoms with Gasteiger partial charge in [0, 0.05) is 65.7 Å². The zero-order valence-corrected chi connectivity index (χ0v) is 25.2. The number of hydrogen-bond acceptors (Lipinski definition) is 4. The van der Waals surface area contributed by atoms with Gasteiger partial charge < -0.3 is 19.8 Å². The summed E-state index contributed by atoms with van der Waals surface area (Å²) in [7, 11) is 3.25. The third kappa shape index (κ3) is 7.68. The van der Waals surface area contributed by atoms with Crippen molar-refractivity contribution in [3.8, 4) is 16.9 Å². The fourth-order valence-corrected chi connectivity index (χ4v) is 5.07. The molecule has 0 atom stereocenters. The number of amides is 1. The van der Waals surface area contributed by atoms with E-state index in [4.69, 9.17) is 28.3 Å². The normalized spacial score (nSPS) is 10.8. The van der Waals surface area contributed by atoms with Crippen LogP contribution in [0.5, 0.6) is 0 Å². The smallest absolute Gasteiger partial charge is 0.268 e. The first-order valence-corrected chi connectivity index (χ1v) is 14.5. The number of benzene rings is 3. The molecule has 0 saturated carbocycles. The molecule has 5 aromatic rings. The van der Waals surface area contributed by atoms with Crippen molar-refractivity contribution in [1.29, 1.82) is 0 Å². The van der Waals surface area contributed by atoms with Crippen molar-refractivity contribution in [2.24, 2.45) is 0 Å². The summed E-state index contributed by atoms with van der Waals surface area (Å²) in [6.45, 7) is 0.517. The Kier molecular flexibility index (Phi) is 11.3. The van der Waals surface area contributed by atoms with Crippen LogP contribution in [-0.2, 0) is 16.0 Å². The molecule has 5 rings (SSSR count). The van der Waals surface area contributed by atoms with E-state index in [9.17, 15) is 9.59 Å². The molecule has 0 radical (unpaired) electrons. The molecule has 2 aromatic heterocycles. The monoisotopic (exact) mass is 604 g/mol. The maximum absolute atomic E-state index is 13.6. The Balaban J connectivity index is 0.00000129. The molecule has 0 aliphatic heterocycles. The highest BCUT2D eigenvalue weighted by molar-refractivity contribution is 6.31.